The van der Waals surface area contributed by atoms with Crippen LogP contribution in [0.25, 0.3) is 0 Å². The molecule has 0 fully saturated rings. The molecule has 0 aliphatic heterocycles. The third kappa shape index (κ3) is 2.39. The molecule has 1 rings (SSSR count). The molecule has 72 valence electrons. The summed E-state index contributed by atoms with van der Waals surface area (Å²) in [6, 6.07) is 1.94. The summed E-state index contributed by atoms with van der Waals surface area (Å²) in [6.45, 7) is 4.45. The van der Waals surface area contributed by atoms with Crippen LogP contribution in [0.4, 0.5) is 0 Å². The van der Waals surface area contributed by atoms with Crippen LogP contribution < -0.4 is 5.73 Å². The first-order valence-electron chi connectivity index (χ1n) is 4.48. The molecule has 0 aliphatic carbocycles. The Bertz CT molecular complexity index is 289. The number of Topliss-reactive ketones (excluding diaryl/α,β-unsaturated/α-hetero) is 1. The first-order valence-corrected chi connectivity index (χ1v) is 5.36. The van der Waals surface area contributed by atoms with Gasteiger partial charge >= 0.3 is 0 Å². The highest BCUT2D eigenvalue weighted by atomic mass is 32.1. The molecule has 0 spiro atoms. The molecule has 1 atom stereocenters. The van der Waals surface area contributed by atoms with Gasteiger partial charge in [0, 0.05) is 28.3 Å². The lowest BCUT2D eigenvalue weighted by atomic mass is 9.97. The Hall–Kier alpha value is -0.670. The molecule has 3 heteroatoms. The van der Waals surface area contributed by atoms with Crippen LogP contribution in [0.15, 0.2) is 11.4 Å². The zero-order valence-corrected chi connectivity index (χ0v) is 8.86. The summed E-state index contributed by atoms with van der Waals surface area (Å²) < 4.78 is 0. The number of thiophene rings is 1. The summed E-state index contributed by atoms with van der Waals surface area (Å²) in [5, 5.41) is 1.91. The van der Waals surface area contributed by atoms with Crippen LogP contribution in [-0.2, 0) is 0 Å². The van der Waals surface area contributed by atoms with E-state index in [1.165, 1.54) is 4.88 Å². The average Bonchev–Trinajstić information content (AvgIpc) is 2.54. The van der Waals surface area contributed by atoms with Gasteiger partial charge in [0.05, 0.1) is 0 Å². The van der Waals surface area contributed by atoms with Crippen molar-refractivity contribution in [1.82, 2.24) is 0 Å². The van der Waals surface area contributed by atoms with E-state index in [1.807, 2.05) is 25.3 Å². The average molecular weight is 197 g/mol. The fourth-order valence-corrected chi connectivity index (χ4v) is 1.96. The Labute approximate surface area is 82.8 Å². The van der Waals surface area contributed by atoms with E-state index >= 15 is 0 Å². The number of hydrogen-bond acceptors (Lipinski definition) is 3. The number of nitrogens with two attached hydrogens (primary N) is 1. The molecule has 1 aromatic heterocycles. The highest BCUT2D eigenvalue weighted by molar-refractivity contribution is 7.10. The minimum atomic E-state index is -0.00556. The highest BCUT2D eigenvalue weighted by Crippen LogP contribution is 2.17. The van der Waals surface area contributed by atoms with Gasteiger partial charge in [0.1, 0.15) is 0 Å². The van der Waals surface area contributed by atoms with Gasteiger partial charge in [-0.2, -0.15) is 0 Å². The maximum atomic E-state index is 11.7. The van der Waals surface area contributed by atoms with E-state index < -0.39 is 0 Å². The van der Waals surface area contributed by atoms with Gasteiger partial charge in [0.2, 0.25) is 0 Å². The molecule has 0 saturated heterocycles. The van der Waals surface area contributed by atoms with Crippen molar-refractivity contribution >= 4 is 17.1 Å². The van der Waals surface area contributed by atoms with E-state index in [2.05, 4.69) is 0 Å². The van der Waals surface area contributed by atoms with E-state index in [1.54, 1.807) is 11.3 Å². The number of rotatable bonds is 4. The zero-order chi connectivity index (χ0) is 9.84. The number of aryl methyl sites for hydroxylation is 1. The van der Waals surface area contributed by atoms with Crippen molar-refractivity contribution < 1.29 is 4.79 Å². The molecule has 0 aromatic carbocycles. The van der Waals surface area contributed by atoms with Gasteiger partial charge in [-0.1, -0.05) is 6.92 Å². The number of ketones is 1. The number of carbonyl (C=O) groups excluding carboxylic acids is 1. The first kappa shape index (κ1) is 10.4. The van der Waals surface area contributed by atoms with E-state index in [4.69, 9.17) is 5.73 Å². The normalized spacial score (nSPS) is 12.8. The van der Waals surface area contributed by atoms with E-state index in [0.717, 1.165) is 12.0 Å². The van der Waals surface area contributed by atoms with Crippen LogP contribution in [0.2, 0.25) is 0 Å². The summed E-state index contributed by atoms with van der Waals surface area (Å²) in [4.78, 5) is 12.9. The Morgan fingerprint density at radius 1 is 1.69 bits per heavy atom. The lowest BCUT2D eigenvalue weighted by Crippen LogP contribution is -2.22. The SMILES string of the molecule is CCC(CN)C(=O)c1csc(C)c1. The van der Waals surface area contributed by atoms with E-state index in [9.17, 15) is 4.79 Å². The molecule has 1 aromatic rings. The van der Waals surface area contributed by atoms with Gasteiger partial charge in [-0.05, 0) is 19.4 Å². The minimum absolute atomic E-state index is 0.00556. The summed E-state index contributed by atoms with van der Waals surface area (Å²) in [7, 11) is 0. The molecule has 0 aliphatic rings. The lowest BCUT2D eigenvalue weighted by molar-refractivity contribution is 0.0922. The van der Waals surface area contributed by atoms with Gasteiger partial charge < -0.3 is 5.73 Å². The fourth-order valence-electron chi connectivity index (χ4n) is 1.27. The molecular formula is C10H15NOS. The van der Waals surface area contributed by atoms with Crippen molar-refractivity contribution in [2.75, 3.05) is 6.54 Å². The molecule has 0 saturated carbocycles. The molecule has 0 amide bonds. The van der Waals surface area contributed by atoms with E-state index in [0.29, 0.717) is 6.54 Å². The van der Waals surface area contributed by atoms with Gasteiger partial charge in [-0.3, -0.25) is 4.79 Å². The monoisotopic (exact) mass is 197 g/mol. The summed E-state index contributed by atoms with van der Waals surface area (Å²) in [5.41, 5.74) is 6.33. The Morgan fingerprint density at radius 2 is 2.38 bits per heavy atom. The second-order valence-electron chi connectivity index (χ2n) is 3.15. The smallest absolute Gasteiger partial charge is 0.168 e. The number of hydrogen-bond donors (Lipinski definition) is 1. The van der Waals surface area contributed by atoms with Crippen LogP contribution >= 0.6 is 11.3 Å². The fraction of sp³-hybridized carbons (Fsp3) is 0.500. The topological polar surface area (TPSA) is 43.1 Å². The summed E-state index contributed by atoms with van der Waals surface area (Å²) >= 11 is 1.61. The molecule has 2 nitrogen and oxygen atoms in total. The van der Waals surface area contributed by atoms with Gasteiger partial charge in [0.25, 0.3) is 0 Å². The third-order valence-corrected chi connectivity index (χ3v) is 3.02. The maximum absolute atomic E-state index is 11.7. The molecule has 0 radical (unpaired) electrons. The lowest BCUT2D eigenvalue weighted by Gasteiger charge is -2.08. The van der Waals surface area contributed by atoms with Crippen LogP contribution in [0.1, 0.15) is 28.6 Å². The van der Waals surface area contributed by atoms with E-state index in [-0.39, 0.29) is 11.7 Å². The molecule has 1 unspecified atom stereocenters. The van der Waals surface area contributed by atoms with Gasteiger partial charge in [-0.15, -0.1) is 11.3 Å². The van der Waals surface area contributed by atoms with Crippen LogP contribution in [0.5, 0.6) is 0 Å². The molecule has 13 heavy (non-hydrogen) atoms. The van der Waals surface area contributed by atoms with Gasteiger partial charge in [-0.25, -0.2) is 0 Å². The largest absolute Gasteiger partial charge is 0.330 e. The molecular weight excluding hydrogens is 182 g/mol. The molecule has 1 heterocycles. The highest BCUT2D eigenvalue weighted by Gasteiger charge is 2.17. The molecule has 0 bridgehead atoms. The Balaban J connectivity index is 2.78. The summed E-state index contributed by atoms with van der Waals surface area (Å²) in [6.07, 6.45) is 0.824. The second kappa shape index (κ2) is 4.53. The minimum Gasteiger partial charge on any atom is -0.330 e. The Morgan fingerprint density at radius 3 is 2.77 bits per heavy atom. The quantitative estimate of drug-likeness (QED) is 0.752. The van der Waals surface area contributed by atoms with Gasteiger partial charge in [0.15, 0.2) is 5.78 Å². The van der Waals surface area contributed by atoms with Crippen molar-refractivity contribution in [3.8, 4) is 0 Å². The van der Waals surface area contributed by atoms with Crippen LogP contribution in [0.3, 0.4) is 0 Å². The third-order valence-electron chi connectivity index (χ3n) is 2.16. The summed E-state index contributed by atoms with van der Waals surface area (Å²) in [5.74, 6) is 0.184. The zero-order valence-electron chi connectivity index (χ0n) is 8.04. The van der Waals surface area contributed by atoms with Crippen molar-refractivity contribution in [2.45, 2.75) is 20.3 Å². The molecule has 2 N–H and O–H groups in total. The van der Waals surface area contributed by atoms with Crippen molar-refractivity contribution in [1.29, 1.82) is 0 Å². The first-order chi connectivity index (χ1) is 6.19. The van der Waals surface area contributed by atoms with Crippen LogP contribution in [0, 0.1) is 12.8 Å². The maximum Gasteiger partial charge on any atom is 0.168 e. The standard InChI is InChI=1S/C10H15NOS/c1-3-8(5-11)10(12)9-4-7(2)13-6-9/h4,6,8H,3,5,11H2,1-2H3. The second-order valence-corrected chi connectivity index (χ2v) is 4.27. The predicted octanol–water partition coefficient (Wildman–Crippen LogP) is 2.22. The van der Waals surface area contributed by atoms with Crippen LogP contribution in [-0.4, -0.2) is 12.3 Å². The van der Waals surface area contributed by atoms with Crippen molar-refractivity contribution in [3.63, 3.8) is 0 Å². The van der Waals surface area contributed by atoms with Crippen molar-refractivity contribution in [2.24, 2.45) is 11.7 Å². The predicted molar refractivity (Wildman–Crippen MR) is 56.2 cm³/mol. The van der Waals surface area contributed by atoms with Crippen molar-refractivity contribution in [3.05, 3.63) is 21.9 Å². The Kier molecular flexibility index (Phi) is 3.63. The number of carbonyl (C=O) groups is 1.